The Bertz CT molecular complexity index is 345. The van der Waals surface area contributed by atoms with Gasteiger partial charge < -0.3 is 9.47 Å². The number of alkyl halides is 3. The minimum absolute atomic E-state index is 0.422. The van der Waals surface area contributed by atoms with Crippen LogP contribution >= 0.6 is 34.8 Å². The molecule has 0 aromatic carbocycles. The highest BCUT2D eigenvalue weighted by atomic mass is 35.6. The molecule has 1 saturated heterocycles. The molecule has 2 atom stereocenters. The van der Waals surface area contributed by atoms with Gasteiger partial charge >= 0.3 is 5.97 Å². The summed E-state index contributed by atoms with van der Waals surface area (Å²) < 4.78 is 8.59. The van der Waals surface area contributed by atoms with Crippen molar-refractivity contribution in [3.8, 4) is 0 Å². The third kappa shape index (κ3) is 9.70. The zero-order valence-electron chi connectivity index (χ0n) is 14.7. The predicted octanol–water partition coefficient (Wildman–Crippen LogP) is 6.72. The number of cyclic esters (lactones) is 1. The second-order valence-electron chi connectivity index (χ2n) is 6.61. The van der Waals surface area contributed by atoms with Crippen molar-refractivity contribution in [3.05, 3.63) is 0 Å². The Hall–Kier alpha value is 0.300. The minimum Gasteiger partial charge on any atom is -0.429 e. The van der Waals surface area contributed by atoms with Gasteiger partial charge in [-0.3, -0.25) is 0 Å². The fourth-order valence-electron chi connectivity index (χ4n) is 2.91. The number of halogens is 3. The zero-order valence-corrected chi connectivity index (χ0v) is 17.0. The van der Waals surface area contributed by atoms with Crippen LogP contribution in [0.2, 0.25) is 0 Å². The number of ether oxygens (including phenoxy) is 2. The van der Waals surface area contributed by atoms with E-state index < -0.39 is 22.2 Å². The maximum Gasteiger partial charge on any atom is 0.337 e. The van der Waals surface area contributed by atoms with E-state index in [0.29, 0.717) is 6.42 Å². The molecule has 3 nitrogen and oxygen atoms in total. The molecule has 0 spiro atoms. The average Bonchev–Trinajstić information content (AvgIpc) is 2.90. The van der Waals surface area contributed by atoms with E-state index in [0.717, 1.165) is 12.8 Å². The molecule has 0 aromatic rings. The highest BCUT2D eigenvalue weighted by molar-refractivity contribution is 6.68. The highest BCUT2D eigenvalue weighted by Gasteiger charge is 2.46. The maximum atomic E-state index is 11.6. The molecular formula is C18H31Cl3O3. The third-order valence-electron chi connectivity index (χ3n) is 4.36. The molecule has 0 aromatic heterocycles. The first-order valence-electron chi connectivity index (χ1n) is 9.38. The largest absolute Gasteiger partial charge is 0.429 e. The van der Waals surface area contributed by atoms with Gasteiger partial charge in [0, 0.05) is 0 Å². The van der Waals surface area contributed by atoms with E-state index in [9.17, 15) is 4.79 Å². The van der Waals surface area contributed by atoms with Gasteiger partial charge in [-0.05, 0) is 6.42 Å². The first-order valence-corrected chi connectivity index (χ1v) is 10.5. The molecule has 1 heterocycles. The summed E-state index contributed by atoms with van der Waals surface area (Å²) in [6.45, 7) is 2.25. The SMILES string of the molecule is CCCCCCCCCCCCCCC1OC(C(Cl)(Cl)Cl)OC1=O. The molecular weight excluding hydrogens is 371 g/mol. The average molecular weight is 402 g/mol. The second-order valence-corrected chi connectivity index (χ2v) is 8.98. The molecule has 2 unspecified atom stereocenters. The van der Waals surface area contributed by atoms with Crippen molar-refractivity contribution in [2.24, 2.45) is 0 Å². The molecule has 1 rings (SSSR count). The van der Waals surface area contributed by atoms with Crippen LogP contribution in [0.4, 0.5) is 0 Å². The molecule has 1 fully saturated rings. The van der Waals surface area contributed by atoms with E-state index in [1.54, 1.807) is 0 Å². The van der Waals surface area contributed by atoms with Gasteiger partial charge in [-0.15, -0.1) is 0 Å². The zero-order chi connectivity index (χ0) is 17.8. The van der Waals surface area contributed by atoms with Crippen LogP contribution < -0.4 is 0 Å². The van der Waals surface area contributed by atoms with Crippen LogP contribution in [0.25, 0.3) is 0 Å². The van der Waals surface area contributed by atoms with E-state index in [2.05, 4.69) is 6.92 Å². The van der Waals surface area contributed by atoms with Crippen LogP contribution in [0, 0.1) is 0 Å². The molecule has 24 heavy (non-hydrogen) atoms. The summed E-state index contributed by atoms with van der Waals surface area (Å²) in [5.41, 5.74) is 0. The van der Waals surface area contributed by atoms with E-state index in [-0.39, 0.29) is 0 Å². The van der Waals surface area contributed by atoms with Crippen LogP contribution in [-0.2, 0) is 14.3 Å². The quantitative estimate of drug-likeness (QED) is 0.195. The number of carbonyl (C=O) groups excluding carboxylic acids is 1. The van der Waals surface area contributed by atoms with Crippen LogP contribution in [0.1, 0.15) is 90.4 Å². The van der Waals surface area contributed by atoms with Crippen molar-refractivity contribution in [2.75, 3.05) is 0 Å². The van der Waals surface area contributed by atoms with Gasteiger partial charge in [0.2, 0.25) is 0 Å². The topological polar surface area (TPSA) is 35.5 Å². The normalized spacial score (nSPS) is 21.2. The lowest BCUT2D eigenvalue weighted by molar-refractivity contribution is -0.143. The summed E-state index contributed by atoms with van der Waals surface area (Å²) in [7, 11) is 0. The first-order chi connectivity index (χ1) is 11.4. The summed E-state index contributed by atoms with van der Waals surface area (Å²) in [6, 6.07) is 0. The van der Waals surface area contributed by atoms with Gasteiger partial charge in [0.15, 0.2) is 6.10 Å². The molecule has 0 radical (unpaired) electrons. The Balaban J connectivity index is 1.91. The Morgan fingerprint density at radius 1 is 0.833 bits per heavy atom. The number of carbonyl (C=O) groups is 1. The standard InChI is InChI=1S/C18H31Cl3O3/c1-2-3-4-5-6-7-8-9-10-11-12-13-14-15-16(22)24-17(23-15)18(19,20)21/h15,17H,2-14H2,1H3. The van der Waals surface area contributed by atoms with Crippen LogP contribution in [0.5, 0.6) is 0 Å². The van der Waals surface area contributed by atoms with Gasteiger partial charge in [0.1, 0.15) is 0 Å². The Morgan fingerprint density at radius 3 is 1.71 bits per heavy atom. The third-order valence-corrected chi connectivity index (χ3v) is 4.90. The summed E-state index contributed by atoms with van der Waals surface area (Å²) in [4.78, 5) is 11.6. The van der Waals surface area contributed by atoms with Gasteiger partial charge in [-0.2, -0.15) is 0 Å². The summed E-state index contributed by atoms with van der Waals surface area (Å²) in [5, 5.41) is 0. The molecule has 1 aliphatic heterocycles. The smallest absolute Gasteiger partial charge is 0.337 e. The van der Waals surface area contributed by atoms with Gasteiger partial charge in [-0.25, -0.2) is 4.79 Å². The van der Waals surface area contributed by atoms with Crippen molar-refractivity contribution < 1.29 is 14.3 Å². The van der Waals surface area contributed by atoms with Crippen molar-refractivity contribution in [1.82, 2.24) is 0 Å². The van der Waals surface area contributed by atoms with E-state index in [4.69, 9.17) is 44.3 Å². The van der Waals surface area contributed by atoms with Gasteiger partial charge in [0.25, 0.3) is 10.1 Å². The first kappa shape index (κ1) is 22.3. The monoisotopic (exact) mass is 400 g/mol. The Labute approximate surface area is 161 Å². The van der Waals surface area contributed by atoms with Crippen LogP contribution in [-0.4, -0.2) is 22.2 Å². The van der Waals surface area contributed by atoms with Gasteiger partial charge in [0.05, 0.1) is 0 Å². The molecule has 142 valence electrons. The number of esters is 1. The highest BCUT2D eigenvalue weighted by Crippen LogP contribution is 2.37. The lowest BCUT2D eigenvalue weighted by Crippen LogP contribution is -2.27. The lowest BCUT2D eigenvalue weighted by Gasteiger charge is -2.16. The van der Waals surface area contributed by atoms with Crippen molar-refractivity contribution >= 4 is 40.8 Å². The fraction of sp³-hybridized carbons (Fsp3) is 0.944. The summed E-state index contributed by atoms with van der Waals surface area (Å²) in [5.74, 6) is -0.422. The molecule has 1 aliphatic rings. The maximum absolute atomic E-state index is 11.6. The summed E-state index contributed by atoms with van der Waals surface area (Å²) in [6.07, 6.45) is 14.3. The minimum atomic E-state index is -1.72. The number of rotatable bonds is 13. The molecule has 0 N–H and O–H groups in total. The molecule has 0 amide bonds. The Kier molecular flexibility index (Phi) is 11.7. The number of hydrogen-bond acceptors (Lipinski definition) is 3. The predicted molar refractivity (Wildman–Crippen MR) is 101 cm³/mol. The van der Waals surface area contributed by atoms with Gasteiger partial charge in [-0.1, -0.05) is 119 Å². The lowest BCUT2D eigenvalue weighted by atomic mass is 10.0. The van der Waals surface area contributed by atoms with E-state index in [1.807, 2.05) is 0 Å². The van der Waals surface area contributed by atoms with Crippen molar-refractivity contribution in [2.45, 2.75) is 107 Å². The summed E-state index contributed by atoms with van der Waals surface area (Å²) >= 11 is 17.0. The number of unbranched alkanes of at least 4 members (excludes halogenated alkanes) is 11. The molecule has 0 saturated carbocycles. The van der Waals surface area contributed by atoms with E-state index in [1.165, 1.54) is 64.2 Å². The molecule has 0 aliphatic carbocycles. The van der Waals surface area contributed by atoms with E-state index >= 15 is 0 Å². The van der Waals surface area contributed by atoms with Crippen LogP contribution in [0.3, 0.4) is 0 Å². The molecule has 0 bridgehead atoms. The number of hydrogen-bond donors (Lipinski definition) is 0. The molecule has 6 heteroatoms. The fourth-order valence-corrected chi connectivity index (χ4v) is 3.20. The van der Waals surface area contributed by atoms with Crippen LogP contribution in [0.15, 0.2) is 0 Å². The van der Waals surface area contributed by atoms with Crippen molar-refractivity contribution in [3.63, 3.8) is 0 Å². The second kappa shape index (κ2) is 12.6. The Morgan fingerprint density at radius 2 is 1.29 bits per heavy atom. The van der Waals surface area contributed by atoms with Crippen molar-refractivity contribution in [1.29, 1.82) is 0 Å².